The summed E-state index contributed by atoms with van der Waals surface area (Å²) in [6.07, 6.45) is 1.36. The Kier molecular flexibility index (Phi) is 7.46. The Morgan fingerprint density at radius 2 is 1.90 bits per heavy atom. The average molecular weight is 292 g/mol. The third kappa shape index (κ3) is 6.90. The van der Waals surface area contributed by atoms with Crippen molar-refractivity contribution < 1.29 is 14.7 Å². The quantitative estimate of drug-likeness (QED) is 0.651. The number of carboxylic acids is 1. The van der Waals surface area contributed by atoms with Gasteiger partial charge in [-0.25, -0.2) is 0 Å². The van der Waals surface area contributed by atoms with Gasteiger partial charge in [0.1, 0.15) is 0 Å². The number of aliphatic carboxylic acids is 1. The first-order chi connectivity index (χ1) is 10.0. The fourth-order valence-corrected chi connectivity index (χ4v) is 1.93. The Labute approximate surface area is 125 Å². The van der Waals surface area contributed by atoms with Crippen LogP contribution in [-0.2, 0) is 9.59 Å². The second-order valence-corrected chi connectivity index (χ2v) is 5.15. The molecule has 1 aromatic carbocycles. The van der Waals surface area contributed by atoms with Crippen LogP contribution in [0.15, 0.2) is 30.3 Å². The Bertz CT molecular complexity index is 448. The molecule has 0 aliphatic carbocycles. The van der Waals surface area contributed by atoms with Gasteiger partial charge in [0.2, 0.25) is 5.91 Å². The van der Waals surface area contributed by atoms with Crippen molar-refractivity contribution in [3.05, 3.63) is 35.9 Å². The normalized spacial score (nSPS) is 13.4. The Morgan fingerprint density at radius 1 is 1.24 bits per heavy atom. The van der Waals surface area contributed by atoms with E-state index in [4.69, 9.17) is 5.11 Å². The molecular formula is C16H24N2O3. The first-order valence-electron chi connectivity index (χ1n) is 7.32. The van der Waals surface area contributed by atoms with E-state index in [1.165, 1.54) is 0 Å². The maximum atomic E-state index is 12.0. The highest BCUT2D eigenvalue weighted by Crippen LogP contribution is 2.18. The molecule has 0 saturated heterocycles. The van der Waals surface area contributed by atoms with Gasteiger partial charge in [-0.15, -0.1) is 0 Å². The van der Waals surface area contributed by atoms with E-state index in [1.807, 2.05) is 37.3 Å². The number of carbonyl (C=O) groups is 2. The summed E-state index contributed by atoms with van der Waals surface area (Å²) in [7, 11) is 0. The molecule has 5 nitrogen and oxygen atoms in total. The first-order valence-corrected chi connectivity index (χ1v) is 7.32. The Balaban J connectivity index is 2.60. The first kappa shape index (κ1) is 17.2. The van der Waals surface area contributed by atoms with Crippen LogP contribution in [0.1, 0.15) is 44.7 Å². The van der Waals surface area contributed by atoms with Crippen LogP contribution in [0, 0.1) is 0 Å². The van der Waals surface area contributed by atoms with Gasteiger partial charge in [-0.1, -0.05) is 37.3 Å². The van der Waals surface area contributed by atoms with Crippen LogP contribution in [0.25, 0.3) is 0 Å². The van der Waals surface area contributed by atoms with Gasteiger partial charge in [0, 0.05) is 12.5 Å². The summed E-state index contributed by atoms with van der Waals surface area (Å²) in [6, 6.07) is 9.46. The number of rotatable bonds is 9. The standard InChI is InChI=1S/C16H24N2O3/c1-3-12(2)17-11-15(19)18-14(9-10-16(20)21)13-7-5-4-6-8-13/h4-8,12,14,17H,3,9-11H2,1-2H3,(H,18,19)(H,20,21). The van der Waals surface area contributed by atoms with Gasteiger partial charge >= 0.3 is 5.97 Å². The molecule has 2 unspecified atom stereocenters. The summed E-state index contributed by atoms with van der Waals surface area (Å²) in [5, 5.41) is 14.9. The Hall–Kier alpha value is -1.88. The molecule has 1 amide bonds. The fourth-order valence-electron chi connectivity index (χ4n) is 1.93. The number of carbonyl (C=O) groups excluding carboxylic acids is 1. The molecule has 0 aromatic heterocycles. The summed E-state index contributed by atoms with van der Waals surface area (Å²) in [5.41, 5.74) is 0.927. The lowest BCUT2D eigenvalue weighted by atomic mass is 10.0. The predicted octanol–water partition coefficient (Wildman–Crippen LogP) is 2.10. The highest BCUT2D eigenvalue weighted by Gasteiger charge is 2.16. The second-order valence-electron chi connectivity index (χ2n) is 5.15. The molecule has 0 aliphatic rings. The largest absolute Gasteiger partial charge is 0.481 e. The van der Waals surface area contributed by atoms with Crippen molar-refractivity contribution in [3.63, 3.8) is 0 Å². The highest BCUT2D eigenvalue weighted by molar-refractivity contribution is 5.78. The van der Waals surface area contributed by atoms with E-state index in [2.05, 4.69) is 17.6 Å². The van der Waals surface area contributed by atoms with Crippen molar-refractivity contribution in [3.8, 4) is 0 Å². The lowest BCUT2D eigenvalue weighted by Crippen LogP contribution is -2.39. The molecule has 0 radical (unpaired) electrons. The topological polar surface area (TPSA) is 78.4 Å². The zero-order chi connectivity index (χ0) is 15.7. The molecule has 1 rings (SSSR count). The molecule has 0 fully saturated rings. The lowest BCUT2D eigenvalue weighted by Gasteiger charge is -2.19. The molecule has 0 spiro atoms. The van der Waals surface area contributed by atoms with Crippen LogP contribution < -0.4 is 10.6 Å². The molecule has 116 valence electrons. The molecule has 5 heteroatoms. The highest BCUT2D eigenvalue weighted by atomic mass is 16.4. The Morgan fingerprint density at radius 3 is 2.48 bits per heavy atom. The molecular weight excluding hydrogens is 268 g/mol. The molecule has 0 heterocycles. The average Bonchev–Trinajstić information content (AvgIpc) is 2.49. The minimum absolute atomic E-state index is 0.0264. The van der Waals surface area contributed by atoms with Gasteiger partial charge < -0.3 is 15.7 Å². The molecule has 0 bridgehead atoms. The molecule has 3 N–H and O–H groups in total. The summed E-state index contributed by atoms with van der Waals surface area (Å²) >= 11 is 0. The zero-order valence-corrected chi connectivity index (χ0v) is 12.6. The fraction of sp³-hybridized carbons (Fsp3) is 0.500. The van der Waals surface area contributed by atoms with Crippen LogP contribution in [0.4, 0.5) is 0 Å². The van der Waals surface area contributed by atoms with Crippen LogP contribution in [-0.4, -0.2) is 29.6 Å². The maximum absolute atomic E-state index is 12.0. The van der Waals surface area contributed by atoms with E-state index in [0.29, 0.717) is 6.42 Å². The maximum Gasteiger partial charge on any atom is 0.303 e. The summed E-state index contributed by atoms with van der Waals surface area (Å²) in [6.45, 7) is 4.31. The molecule has 21 heavy (non-hydrogen) atoms. The summed E-state index contributed by atoms with van der Waals surface area (Å²) < 4.78 is 0. The van der Waals surface area contributed by atoms with E-state index >= 15 is 0 Å². The van der Waals surface area contributed by atoms with Crippen LogP contribution >= 0.6 is 0 Å². The number of carboxylic acid groups (broad SMARTS) is 1. The van der Waals surface area contributed by atoms with E-state index in [0.717, 1.165) is 12.0 Å². The minimum Gasteiger partial charge on any atom is -0.481 e. The van der Waals surface area contributed by atoms with Crippen molar-refractivity contribution in [1.29, 1.82) is 0 Å². The molecule has 0 saturated carbocycles. The van der Waals surface area contributed by atoms with Crippen molar-refractivity contribution in [2.24, 2.45) is 0 Å². The molecule has 0 aliphatic heterocycles. The van der Waals surface area contributed by atoms with Crippen LogP contribution in [0.3, 0.4) is 0 Å². The van der Waals surface area contributed by atoms with Crippen molar-refractivity contribution >= 4 is 11.9 Å². The number of hydrogen-bond acceptors (Lipinski definition) is 3. The number of benzene rings is 1. The molecule has 2 atom stereocenters. The monoisotopic (exact) mass is 292 g/mol. The summed E-state index contributed by atoms with van der Waals surface area (Å²) in [5.74, 6) is -0.975. The molecule has 1 aromatic rings. The minimum atomic E-state index is -0.858. The van der Waals surface area contributed by atoms with E-state index < -0.39 is 5.97 Å². The third-order valence-electron chi connectivity index (χ3n) is 3.41. The van der Waals surface area contributed by atoms with Gasteiger partial charge in [-0.05, 0) is 25.3 Å². The van der Waals surface area contributed by atoms with Crippen molar-refractivity contribution in [2.45, 2.75) is 45.2 Å². The van der Waals surface area contributed by atoms with Gasteiger partial charge in [-0.3, -0.25) is 9.59 Å². The second kappa shape index (κ2) is 9.13. The van der Waals surface area contributed by atoms with Crippen LogP contribution in [0.2, 0.25) is 0 Å². The number of hydrogen-bond donors (Lipinski definition) is 3. The van der Waals surface area contributed by atoms with Gasteiger partial charge in [0.25, 0.3) is 0 Å². The van der Waals surface area contributed by atoms with Gasteiger partial charge in [-0.2, -0.15) is 0 Å². The summed E-state index contributed by atoms with van der Waals surface area (Å²) in [4.78, 5) is 22.7. The van der Waals surface area contributed by atoms with Gasteiger partial charge in [0.05, 0.1) is 12.6 Å². The van der Waals surface area contributed by atoms with Gasteiger partial charge in [0.15, 0.2) is 0 Å². The number of nitrogens with one attached hydrogen (secondary N) is 2. The van der Waals surface area contributed by atoms with E-state index in [9.17, 15) is 9.59 Å². The van der Waals surface area contributed by atoms with E-state index in [1.54, 1.807) is 0 Å². The van der Waals surface area contributed by atoms with Crippen molar-refractivity contribution in [1.82, 2.24) is 10.6 Å². The van der Waals surface area contributed by atoms with E-state index in [-0.39, 0.29) is 31.0 Å². The SMILES string of the molecule is CCC(C)NCC(=O)NC(CCC(=O)O)c1ccccc1. The van der Waals surface area contributed by atoms with Crippen molar-refractivity contribution in [2.75, 3.05) is 6.54 Å². The van der Waals surface area contributed by atoms with Crippen LogP contribution in [0.5, 0.6) is 0 Å². The lowest BCUT2D eigenvalue weighted by molar-refractivity contribution is -0.137. The number of amides is 1. The zero-order valence-electron chi connectivity index (χ0n) is 12.6. The predicted molar refractivity (Wildman–Crippen MR) is 82.0 cm³/mol. The smallest absolute Gasteiger partial charge is 0.303 e. The third-order valence-corrected chi connectivity index (χ3v) is 3.41.